The molecule has 1 atom stereocenters. The van der Waals surface area contributed by atoms with E-state index in [-0.39, 0.29) is 11.9 Å². The van der Waals surface area contributed by atoms with Gasteiger partial charge in [0.15, 0.2) is 0 Å². The highest BCUT2D eigenvalue weighted by molar-refractivity contribution is 7.98. The van der Waals surface area contributed by atoms with E-state index >= 15 is 0 Å². The SMILES string of the molecule is COC(=O)C(CCSC)NC(=O)C(C)(C)C. The molecule has 0 aliphatic rings. The molecule has 4 nitrogen and oxygen atoms in total. The predicted octanol–water partition coefficient (Wildman–Crippen LogP) is 1.44. The number of amides is 1. The van der Waals surface area contributed by atoms with E-state index in [0.29, 0.717) is 6.42 Å². The van der Waals surface area contributed by atoms with Gasteiger partial charge in [0.1, 0.15) is 6.04 Å². The van der Waals surface area contributed by atoms with Crippen molar-refractivity contribution in [3.05, 3.63) is 0 Å². The molecule has 1 amide bonds. The first-order valence-corrected chi connectivity index (χ1v) is 6.60. The number of carbonyl (C=O) groups excluding carboxylic acids is 2. The number of hydrogen-bond acceptors (Lipinski definition) is 4. The zero-order valence-electron chi connectivity index (χ0n) is 10.6. The Kier molecular flexibility index (Phi) is 6.48. The van der Waals surface area contributed by atoms with Crippen molar-refractivity contribution in [2.24, 2.45) is 5.41 Å². The Morgan fingerprint density at radius 2 is 1.94 bits per heavy atom. The lowest BCUT2D eigenvalue weighted by atomic mass is 9.95. The molecule has 16 heavy (non-hydrogen) atoms. The minimum atomic E-state index is -0.538. The van der Waals surface area contributed by atoms with Gasteiger partial charge in [0.2, 0.25) is 5.91 Å². The third-order valence-corrected chi connectivity index (χ3v) is 2.73. The van der Waals surface area contributed by atoms with Gasteiger partial charge in [-0.2, -0.15) is 11.8 Å². The van der Waals surface area contributed by atoms with E-state index in [1.807, 2.05) is 27.0 Å². The van der Waals surface area contributed by atoms with Gasteiger partial charge in [-0.1, -0.05) is 20.8 Å². The largest absolute Gasteiger partial charge is 0.467 e. The molecule has 0 saturated heterocycles. The van der Waals surface area contributed by atoms with Crippen LogP contribution in [0.5, 0.6) is 0 Å². The normalized spacial score (nSPS) is 13.1. The highest BCUT2D eigenvalue weighted by Gasteiger charge is 2.27. The van der Waals surface area contributed by atoms with Crippen LogP contribution in [-0.4, -0.2) is 37.0 Å². The summed E-state index contributed by atoms with van der Waals surface area (Å²) in [5, 5.41) is 2.72. The van der Waals surface area contributed by atoms with Crippen molar-refractivity contribution in [3.8, 4) is 0 Å². The van der Waals surface area contributed by atoms with Crippen LogP contribution in [0.1, 0.15) is 27.2 Å². The van der Waals surface area contributed by atoms with Crippen LogP contribution in [0.2, 0.25) is 0 Å². The molecular weight excluding hydrogens is 226 g/mol. The Bertz CT molecular complexity index is 248. The second-order valence-corrected chi connectivity index (χ2v) is 5.57. The van der Waals surface area contributed by atoms with Crippen molar-refractivity contribution in [2.75, 3.05) is 19.1 Å². The van der Waals surface area contributed by atoms with E-state index in [2.05, 4.69) is 10.1 Å². The van der Waals surface area contributed by atoms with Crippen LogP contribution in [0.4, 0.5) is 0 Å². The molecule has 0 aromatic heterocycles. The highest BCUT2D eigenvalue weighted by atomic mass is 32.2. The smallest absolute Gasteiger partial charge is 0.328 e. The zero-order chi connectivity index (χ0) is 12.8. The standard InChI is InChI=1S/C11H21NO3S/c1-11(2,3)10(14)12-8(6-7-16-5)9(13)15-4/h8H,6-7H2,1-5H3,(H,12,14). The summed E-state index contributed by atoms with van der Waals surface area (Å²) in [6.07, 6.45) is 2.55. The molecule has 0 rings (SSSR count). The van der Waals surface area contributed by atoms with E-state index in [4.69, 9.17) is 0 Å². The van der Waals surface area contributed by atoms with Crippen molar-refractivity contribution in [2.45, 2.75) is 33.2 Å². The van der Waals surface area contributed by atoms with Gasteiger partial charge in [0.25, 0.3) is 0 Å². The van der Waals surface area contributed by atoms with Gasteiger partial charge in [0, 0.05) is 5.41 Å². The van der Waals surface area contributed by atoms with Crippen LogP contribution in [0.25, 0.3) is 0 Å². The molecule has 0 aliphatic carbocycles. The van der Waals surface area contributed by atoms with Crippen LogP contribution in [-0.2, 0) is 14.3 Å². The van der Waals surface area contributed by atoms with Gasteiger partial charge in [-0.25, -0.2) is 4.79 Å². The summed E-state index contributed by atoms with van der Waals surface area (Å²) in [7, 11) is 1.33. The Labute approximate surface area is 101 Å². The van der Waals surface area contributed by atoms with Gasteiger partial charge in [0.05, 0.1) is 7.11 Å². The Morgan fingerprint density at radius 1 is 1.38 bits per heavy atom. The first kappa shape index (κ1) is 15.3. The first-order chi connectivity index (χ1) is 7.32. The summed E-state index contributed by atoms with van der Waals surface area (Å²) >= 11 is 1.63. The van der Waals surface area contributed by atoms with Gasteiger partial charge in [-0.3, -0.25) is 4.79 Å². The number of ether oxygens (including phenoxy) is 1. The van der Waals surface area contributed by atoms with Crippen LogP contribution in [0.15, 0.2) is 0 Å². The quantitative estimate of drug-likeness (QED) is 0.747. The molecule has 0 aliphatic heterocycles. The van der Waals surface area contributed by atoms with Gasteiger partial charge in [-0.15, -0.1) is 0 Å². The topological polar surface area (TPSA) is 55.4 Å². The second kappa shape index (κ2) is 6.78. The number of hydrogen-bond donors (Lipinski definition) is 1. The predicted molar refractivity (Wildman–Crippen MR) is 66.4 cm³/mol. The van der Waals surface area contributed by atoms with Crippen LogP contribution >= 0.6 is 11.8 Å². The molecule has 0 aromatic carbocycles. The lowest BCUT2D eigenvalue weighted by Gasteiger charge is -2.22. The molecule has 0 fully saturated rings. The number of rotatable bonds is 5. The molecule has 5 heteroatoms. The Hall–Kier alpha value is -0.710. The number of carbonyl (C=O) groups is 2. The average Bonchev–Trinajstić information content (AvgIpc) is 2.21. The third-order valence-electron chi connectivity index (χ3n) is 2.08. The minimum absolute atomic E-state index is 0.135. The maximum atomic E-state index is 11.7. The lowest BCUT2D eigenvalue weighted by Crippen LogP contribution is -2.46. The molecule has 94 valence electrons. The second-order valence-electron chi connectivity index (χ2n) is 4.58. The molecule has 1 N–H and O–H groups in total. The van der Waals surface area contributed by atoms with Crippen LogP contribution < -0.4 is 5.32 Å². The average molecular weight is 247 g/mol. The maximum absolute atomic E-state index is 11.7. The van der Waals surface area contributed by atoms with Crippen molar-refractivity contribution in [1.29, 1.82) is 0 Å². The number of nitrogens with one attached hydrogen (secondary N) is 1. The van der Waals surface area contributed by atoms with E-state index in [9.17, 15) is 9.59 Å². The van der Waals surface area contributed by atoms with Crippen LogP contribution in [0, 0.1) is 5.41 Å². The lowest BCUT2D eigenvalue weighted by molar-refractivity contribution is -0.146. The summed E-state index contributed by atoms with van der Waals surface area (Å²) in [6, 6.07) is -0.538. The van der Waals surface area contributed by atoms with Crippen molar-refractivity contribution < 1.29 is 14.3 Å². The minimum Gasteiger partial charge on any atom is -0.467 e. The van der Waals surface area contributed by atoms with E-state index < -0.39 is 11.5 Å². The summed E-state index contributed by atoms with van der Waals surface area (Å²) < 4.78 is 4.66. The Morgan fingerprint density at radius 3 is 2.31 bits per heavy atom. The molecule has 0 heterocycles. The molecule has 0 spiro atoms. The number of methoxy groups -OCH3 is 1. The summed E-state index contributed by atoms with van der Waals surface area (Å²) in [5.74, 6) is 0.292. The van der Waals surface area contributed by atoms with Gasteiger partial charge >= 0.3 is 5.97 Å². The first-order valence-electron chi connectivity index (χ1n) is 5.20. The molecule has 1 unspecified atom stereocenters. The van der Waals surface area contributed by atoms with Gasteiger partial charge in [-0.05, 0) is 18.4 Å². The van der Waals surface area contributed by atoms with E-state index in [1.54, 1.807) is 11.8 Å². The fraction of sp³-hybridized carbons (Fsp3) is 0.818. The third kappa shape index (κ3) is 5.39. The van der Waals surface area contributed by atoms with Gasteiger partial charge < -0.3 is 10.1 Å². The monoisotopic (exact) mass is 247 g/mol. The zero-order valence-corrected chi connectivity index (χ0v) is 11.4. The number of esters is 1. The molecular formula is C11H21NO3S. The molecule has 0 radical (unpaired) electrons. The molecule has 0 saturated carbocycles. The molecule has 0 aromatic rings. The fourth-order valence-corrected chi connectivity index (χ4v) is 1.47. The fourth-order valence-electron chi connectivity index (χ4n) is 1.00. The molecule has 0 bridgehead atoms. The van der Waals surface area contributed by atoms with Crippen molar-refractivity contribution >= 4 is 23.6 Å². The van der Waals surface area contributed by atoms with E-state index in [1.165, 1.54) is 7.11 Å². The Balaban J connectivity index is 4.42. The van der Waals surface area contributed by atoms with Crippen LogP contribution in [0.3, 0.4) is 0 Å². The summed E-state index contributed by atoms with van der Waals surface area (Å²) in [6.45, 7) is 5.43. The van der Waals surface area contributed by atoms with Crippen molar-refractivity contribution in [3.63, 3.8) is 0 Å². The summed E-state index contributed by atoms with van der Waals surface area (Å²) in [5.41, 5.74) is -0.494. The van der Waals surface area contributed by atoms with E-state index in [0.717, 1.165) is 5.75 Å². The van der Waals surface area contributed by atoms with Crippen molar-refractivity contribution in [1.82, 2.24) is 5.32 Å². The highest BCUT2D eigenvalue weighted by Crippen LogP contribution is 2.14. The number of thioether (sulfide) groups is 1. The maximum Gasteiger partial charge on any atom is 0.328 e. The summed E-state index contributed by atoms with van der Waals surface area (Å²) in [4.78, 5) is 23.2.